The summed E-state index contributed by atoms with van der Waals surface area (Å²) in [5, 5.41) is 7.65. The minimum absolute atomic E-state index is 0.0195. The lowest BCUT2D eigenvalue weighted by Crippen LogP contribution is -2.11. The molecule has 0 N–H and O–H groups in total. The van der Waals surface area contributed by atoms with E-state index in [1.165, 1.54) is 4.68 Å². The van der Waals surface area contributed by atoms with Gasteiger partial charge in [-0.3, -0.25) is 9.67 Å². The lowest BCUT2D eigenvalue weighted by atomic mass is 9.95. The first-order valence-corrected chi connectivity index (χ1v) is 7.91. The summed E-state index contributed by atoms with van der Waals surface area (Å²) in [6.07, 6.45) is 1.32. The molecule has 3 heterocycles. The van der Waals surface area contributed by atoms with Gasteiger partial charge in [0, 0.05) is 29.2 Å². The van der Waals surface area contributed by atoms with Crippen LogP contribution in [-0.4, -0.2) is 24.9 Å². The quantitative estimate of drug-likeness (QED) is 0.726. The zero-order valence-corrected chi connectivity index (χ0v) is 13.1. The highest BCUT2D eigenvalue weighted by Crippen LogP contribution is 2.36. The van der Waals surface area contributed by atoms with Gasteiger partial charge in [-0.2, -0.15) is 23.3 Å². The molecule has 0 unspecified atom stereocenters. The molecule has 0 atom stereocenters. The standard InChI is InChI=1S/C16H14F3N5O/c17-16(18,19)14-11-5-1-2-6-12(11)24(22-14)9-13-21-15(23-25-13)10-4-3-7-20-8-10/h3-4,7-8H,1-2,5-6,9H2. The molecule has 0 radical (unpaired) electrons. The summed E-state index contributed by atoms with van der Waals surface area (Å²) < 4.78 is 46.2. The summed E-state index contributed by atoms with van der Waals surface area (Å²) in [5.41, 5.74) is 0.788. The molecular formula is C16H14F3N5O. The van der Waals surface area contributed by atoms with E-state index in [0.717, 1.165) is 12.8 Å². The van der Waals surface area contributed by atoms with Crippen LogP contribution in [0.4, 0.5) is 13.2 Å². The van der Waals surface area contributed by atoms with E-state index in [0.29, 0.717) is 35.5 Å². The van der Waals surface area contributed by atoms with Crippen molar-refractivity contribution in [3.63, 3.8) is 0 Å². The topological polar surface area (TPSA) is 69.6 Å². The van der Waals surface area contributed by atoms with Crippen LogP contribution in [0.5, 0.6) is 0 Å². The average Bonchev–Trinajstić information content (AvgIpc) is 3.21. The number of fused-ring (bicyclic) bond motifs is 1. The van der Waals surface area contributed by atoms with E-state index in [9.17, 15) is 13.2 Å². The third-order valence-corrected chi connectivity index (χ3v) is 4.20. The number of rotatable bonds is 3. The van der Waals surface area contributed by atoms with Crippen LogP contribution in [0, 0.1) is 0 Å². The summed E-state index contributed by atoms with van der Waals surface area (Å²) in [6, 6.07) is 3.52. The fraction of sp³-hybridized carbons (Fsp3) is 0.375. The van der Waals surface area contributed by atoms with Gasteiger partial charge in [0.15, 0.2) is 5.69 Å². The molecule has 0 bridgehead atoms. The lowest BCUT2D eigenvalue weighted by molar-refractivity contribution is -0.142. The molecule has 9 heteroatoms. The van der Waals surface area contributed by atoms with Gasteiger partial charge in [0.2, 0.25) is 11.7 Å². The Hall–Kier alpha value is -2.71. The second-order valence-corrected chi connectivity index (χ2v) is 5.89. The number of aromatic nitrogens is 5. The largest absolute Gasteiger partial charge is 0.435 e. The summed E-state index contributed by atoms with van der Waals surface area (Å²) in [5.74, 6) is 0.559. The van der Waals surface area contributed by atoms with Gasteiger partial charge in [0.1, 0.15) is 6.54 Å². The first kappa shape index (κ1) is 15.8. The Morgan fingerprint density at radius 3 is 2.80 bits per heavy atom. The van der Waals surface area contributed by atoms with Crippen LogP contribution in [-0.2, 0) is 25.6 Å². The first-order valence-electron chi connectivity index (χ1n) is 7.91. The van der Waals surface area contributed by atoms with Crippen LogP contribution in [0.3, 0.4) is 0 Å². The van der Waals surface area contributed by atoms with Gasteiger partial charge in [-0.25, -0.2) is 0 Å². The Morgan fingerprint density at radius 1 is 1.20 bits per heavy atom. The third kappa shape index (κ3) is 3.01. The number of hydrogen-bond acceptors (Lipinski definition) is 5. The van der Waals surface area contributed by atoms with Crippen molar-refractivity contribution in [2.45, 2.75) is 38.4 Å². The Kier molecular flexibility index (Phi) is 3.78. The van der Waals surface area contributed by atoms with E-state index in [1.807, 2.05) is 0 Å². The second kappa shape index (κ2) is 5.98. The maximum atomic E-state index is 13.2. The fourth-order valence-corrected chi connectivity index (χ4v) is 3.09. The van der Waals surface area contributed by atoms with Crippen molar-refractivity contribution in [1.29, 1.82) is 0 Å². The highest BCUT2D eigenvalue weighted by atomic mass is 19.4. The van der Waals surface area contributed by atoms with Crippen molar-refractivity contribution >= 4 is 0 Å². The van der Waals surface area contributed by atoms with Crippen molar-refractivity contribution < 1.29 is 17.7 Å². The smallest absolute Gasteiger partial charge is 0.337 e. The monoisotopic (exact) mass is 349 g/mol. The molecule has 3 aromatic rings. The molecule has 130 valence electrons. The Labute approximate surface area is 140 Å². The fourth-order valence-electron chi connectivity index (χ4n) is 3.09. The molecule has 25 heavy (non-hydrogen) atoms. The minimum Gasteiger partial charge on any atom is -0.337 e. The summed E-state index contributed by atoms with van der Waals surface area (Å²) >= 11 is 0. The van der Waals surface area contributed by atoms with Crippen molar-refractivity contribution in [3.8, 4) is 11.4 Å². The molecule has 0 amide bonds. The number of hydrogen-bond donors (Lipinski definition) is 0. The molecular weight excluding hydrogens is 335 g/mol. The zero-order valence-electron chi connectivity index (χ0n) is 13.1. The van der Waals surface area contributed by atoms with Crippen LogP contribution in [0.2, 0.25) is 0 Å². The van der Waals surface area contributed by atoms with Crippen molar-refractivity contribution in [3.05, 3.63) is 47.4 Å². The molecule has 0 aliphatic heterocycles. The molecule has 6 nitrogen and oxygen atoms in total. The van der Waals surface area contributed by atoms with Gasteiger partial charge in [0.05, 0.1) is 0 Å². The van der Waals surface area contributed by atoms with Crippen molar-refractivity contribution in [1.82, 2.24) is 24.9 Å². The number of alkyl halides is 3. The van der Waals surface area contributed by atoms with E-state index in [1.54, 1.807) is 24.5 Å². The van der Waals surface area contributed by atoms with Crippen LogP contribution >= 0.6 is 0 Å². The molecule has 0 aromatic carbocycles. The van der Waals surface area contributed by atoms with Crippen LogP contribution in [0.25, 0.3) is 11.4 Å². The molecule has 1 aliphatic carbocycles. The predicted octanol–water partition coefficient (Wildman–Crippen LogP) is 3.27. The van der Waals surface area contributed by atoms with Gasteiger partial charge in [-0.05, 0) is 37.8 Å². The maximum absolute atomic E-state index is 13.2. The Balaban J connectivity index is 1.65. The summed E-state index contributed by atoms with van der Waals surface area (Å²) in [6.45, 7) is 0.0195. The zero-order chi connectivity index (χ0) is 17.4. The summed E-state index contributed by atoms with van der Waals surface area (Å²) in [4.78, 5) is 8.21. The van der Waals surface area contributed by atoms with Crippen molar-refractivity contribution in [2.75, 3.05) is 0 Å². The molecule has 0 saturated heterocycles. The summed E-state index contributed by atoms with van der Waals surface area (Å²) in [7, 11) is 0. The lowest BCUT2D eigenvalue weighted by Gasteiger charge is -2.14. The Morgan fingerprint density at radius 2 is 2.04 bits per heavy atom. The molecule has 0 fully saturated rings. The van der Waals surface area contributed by atoms with Gasteiger partial charge < -0.3 is 4.52 Å². The highest BCUT2D eigenvalue weighted by molar-refractivity contribution is 5.51. The second-order valence-electron chi connectivity index (χ2n) is 5.89. The van der Waals surface area contributed by atoms with Crippen LogP contribution in [0.15, 0.2) is 29.0 Å². The van der Waals surface area contributed by atoms with Crippen LogP contribution in [0.1, 0.15) is 35.7 Å². The van der Waals surface area contributed by atoms with Gasteiger partial charge in [0.25, 0.3) is 0 Å². The molecule has 0 saturated carbocycles. The van der Waals surface area contributed by atoms with E-state index in [-0.39, 0.29) is 12.4 Å². The van der Waals surface area contributed by atoms with E-state index in [2.05, 4.69) is 20.2 Å². The predicted molar refractivity (Wildman–Crippen MR) is 80.5 cm³/mol. The average molecular weight is 349 g/mol. The van der Waals surface area contributed by atoms with Crippen molar-refractivity contribution in [2.24, 2.45) is 0 Å². The Bertz CT molecular complexity index is 885. The number of pyridine rings is 1. The molecule has 4 rings (SSSR count). The third-order valence-electron chi connectivity index (χ3n) is 4.20. The first-order chi connectivity index (χ1) is 12.0. The van der Waals surface area contributed by atoms with E-state index in [4.69, 9.17) is 4.52 Å². The normalized spacial score (nSPS) is 14.5. The highest BCUT2D eigenvalue weighted by Gasteiger charge is 2.39. The van der Waals surface area contributed by atoms with Crippen LogP contribution < -0.4 is 0 Å². The van der Waals surface area contributed by atoms with Gasteiger partial charge in [-0.1, -0.05) is 5.16 Å². The van der Waals surface area contributed by atoms with E-state index >= 15 is 0 Å². The van der Waals surface area contributed by atoms with Gasteiger partial charge >= 0.3 is 6.18 Å². The molecule has 0 spiro atoms. The molecule has 3 aromatic heterocycles. The maximum Gasteiger partial charge on any atom is 0.435 e. The molecule has 1 aliphatic rings. The minimum atomic E-state index is -4.46. The SMILES string of the molecule is FC(F)(F)c1nn(Cc2nc(-c3cccnc3)no2)c2c1CCCC2. The van der Waals surface area contributed by atoms with E-state index < -0.39 is 11.9 Å². The van der Waals surface area contributed by atoms with Gasteiger partial charge in [-0.15, -0.1) is 0 Å². The number of halogens is 3. The number of nitrogens with zero attached hydrogens (tertiary/aromatic N) is 5.